The van der Waals surface area contributed by atoms with Gasteiger partial charge in [0.05, 0.1) is 16.5 Å². The predicted molar refractivity (Wildman–Crippen MR) is 112 cm³/mol. The number of thiazole rings is 1. The zero-order valence-electron chi connectivity index (χ0n) is 14.0. The number of rotatable bonds is 7. The lowest BCUT2D eigenvalue weighted by atomic mass is 10.3. The van der Waals surface area contributed by atoms with Crippen LogP contribution in [-0.2, 0) is 9.53 Å². The van der Waals surface area contributed by atoms with E-state index in [-0.39, 0.29) is 13.3 Å². The van der Waals surface area contributed by atoms with Crippen molar-refractivity contribution in [2.24, 2.45) is 0 Å². The first-order valence-electron chi connectivity index (χ1n) is 7.97. The van der Waals surface area contributed by atoms with Crippen molar-refractivity contribution in [3.8, 4) is 5.75 Å². The molecule has 0 bridgehead atoms. The minimum Gasteiger partial charge on any atom is -0.622 e. The van der Waals surface area contributed by atoms with Gasteiger partial charge in [-0.1, -0.05) is 22.6 Å². The maximum atomic E-state index is 13.4. The topological polar surface area (TPSA) is 74.7 Å². The van der Waals surface area contributed by atoms with Crippen LogP contribution in [0.4, 0.5) is 9.52 Å². The zero-order chi connectivity index (χ0) is 19.4. The average Bonchev–Trinajstić information content (AvgIpc) is 3.20. The second-order valence-corrected chi connectivity index (χ2v) is 9.30. The summed E-state index contributed by atoms with van der Waals surface area (Å²) < 4.78 is 24.4. The molecule has 11 heteroatoms. The van der Waals surface area contributed by atoms with E-state index in [9.17, 15) is 14.4 Å². The maximum absolute atomic E-state index is 13.4. The molecule has 1 aliphatic heterocycles. The number of ether oxygens (including phenoxy) is 2. The summed E-state index contributed by atoms with van der Waals surface area (Å²) >= 11 is 6.78. The van der Waals surface area contributed by atoms with Gasteiger partial charge in [-0.05, 0) is 51.5 Å². The molecule has 7 nitrogen and oxygen atoms in total. The first kappa shape index (κ1) is 20.9. The van der Waals surface area contributed by atoms with E-state index in [4.69, 9.17) is 9.47 Å². The Bertz CT molecular complexity index is 796. The molecule has 1 fully saturated rings. The van der Waals surface area contributed by atoms with Crippen LogP contribution in [0, 0.1) is 11.0 Å². The monoisotopic (exact) mass is 571 g/mol. The predicted octanol–water partition coefficient (Wildman–Crippen LogP) is 3.51. The maximum Gasteiger partial charge on any atom is 0.348 e. The fourth-order valence-electron chi connectivity index (χ4n) is 2.67. The molecule has 0 amide bonds. The Morgan fingerprint density at radius 3 is 2.85 bits per heavy atom. The molecule has 0 saturated carbocycles. The Morgan fingerprint density at radius 1 is 1.48 bits per heavy atom. The molecular formula is C16H16BrFIN3O4S. The largest absolute Gasteiger partial charge is 0.622 e. The molecule has 0 N–H and O–H groups in total. The van der Waals surface area contributed by atoms with Crippen molar-refractivity contribution in [3.05, 3.63) is 45.3 Å². The molecule has 2 atom stereocenters. The van der Waals surface area contributed by atoms with Crippen molar-refractivity contribution in [3.63, 3.8) is 0 Å². The van der Waals surface area contributed by atoms with Crippen molar-refractivity contribution in [1.82, 2.24) is 14.5 Å². The highest BCUT2D eigenvalue weighted by molar-refractivity contribution is 14.1. The number of esters is 1. The number of alkyl halides is 1. The van der Waals surface area contributed by atoms with E-state index in [1.807, 2.05) is 4.90 Å². The number of hydrogen-bond donors (Lipinski definition) is 0. The molecule has 1 aromatic carbocycles. The summed E-state index contributed by atoms with van der Waals surface area (Å²) in [7, 11) is 0. The Morgan fingerprint density at radius 2 is 2.22 bits per heavy atom. The number of aromatic nitrogens is 1. The molecule has 27 heavy (non-hydrogen) atoms. The van der Waals surface area contributed by atoms with Gasteiger partial charge in [-0.2, -0.15) is 4.98 Å². The van der Waals surface area contributed by atoms with Gasteiger partial charge < -0.3 is 14.7 Å². The van der Waals surface area contributed by atoms with Crippen LogP contribution in [0.15, 0.2) is 34.2 Å². The van der Waals surface area contributed by atoms with E-state index < -0.39 is 22.7 Å². The van der Waals surface area contributed by atoms with Gasteiger partial charge in [-0.25, -0.2) is 14.1 Å². The Kier molecular flexibility index (Phi) is 7.03. The van der Waals surface area contributed by atoms with Gasteiger partial charge in [0.15, 0.2) is 6.61 Å². The van der Waals surface area contributed by atoms with Gasteiger partial charge >= 0.3 is 5.97 Å². The van der Waals surface area contributed by atoms with Crippen LogP contribution in [0.2, 0.25) is 0 Å². The third kappa shape index (κ3) is 5.15. The summed E-state index contributed by atoms with van der Waals surface area (Å²) in [5.74, 6) is -0.707. The zero-order valence-corrected chi connectivity index (χ0v) is 18.6. The first-order chi connectivity index (χ1) is 12.9. The number of hydroxylamine groups is 2. The van der Waals surface area contributed by atoms with Gasteiger partial charge in [0.25, 0.3) is 11.4 Å². The van der Waals surface area contributed by atoms with Crippen LogP contribution in [0.1, 0.15) is 0 Å². The van der Waals surface area contributed by atoms with Crippen LogP contribution >= 0.6 is 49.9 Å². The van der Waals surface area contributed by atoms with Gasteiger partial charge in [-0.3, -0.25) is 4.65 Å². The normalized spacial score (nSPS) is 22.7. The van der Waals surface area contributed by atoms with Crippen LogP contribution in [0.3, 0.4) is 0 Å². The quantitative estimate of drug-likeness (QED) is 0.166. The van der Waals surface area contributed by atoms with E-state index >= 15 is 0 Å². The molecule has 146 valence electrons. The molecule has 3 rings (SSSR count). The summed E-state index contributed by atoms with van der Waals surface area (Å²) in [5, 5.41) is 13.8. The van der Waals surface area contributed by atoms with Crippen LogP contribution in [0.25, 0.3) is 0 Å². The van der Waals surface area contributed by atoms with Crippen molar-refractivity contribution < 1.29 is 18.7 Å². The Balaban J connectivity index is 1.66. The van der Waals surface area contributed by atoms with Crippen LogP contribution in [0.5, 0.6) is 5.75 Å². The minimum atomic E-state index is -0.921. The number of hydrogen-bond acceptors (Lipinski definition) is 7. The Labute approximate surface area is 181 Å². The number of quaternary nitrogens is 1. The summed E-state index contributed by atoms with van der Waals surface area (Å²) in [4.78, 5) is 18.3. The summed E-state index contributed by atoms with van der Waals surface area (Å²) in [5.41, 5.74) is 0. The third-order valence-electron chi connectivity index (χ3n) is 3.92. The van der Waals surface area contributed by atoms with E-state index in [0.717, 1.165) is 14.8 Å². The number of nitrogens with zero attached hydrogens (tertiary/aromatic N) is 3. The molecule has 2 aromatic rings. The molecule has 2 heterocycles. The minimum absolute atomic E-state index is 0.166. The van der Waals surface area contributed by atoms with E-state index in [0.29, 0.717) is 17.4 Å². The van der Waals surface area contributed by atoms with Crippen molar-refractivity contribution in [1.29, 1.82) is 0 Å². The van der Waals surface area contributed by atoms with Crippen LogP contribution in [-0.4, -0.2) is 52.9 Å². The molecule has 0 radical (unpaired) electrons. The van der Waals surface area contributed by atoms with E-state index in [2.05, 4.69) is 43.5 Å². The summed E-state index contributed by atoms with van der Waals surface area (Å²) in [6.45, 7) is 0.844. The van der Waals surface area contributed by atoms with Gasteiger partial charge in [0, 0.05) is 11.0 Å². The number of carbonyl (C=O) groups excluding carboxylic acids is 1. The molecule has 2 unspecified atom stereocenters. The summed E-state index contributed by atoms with van der Waals surface area (Å²) in [6.07, 6.45) is 0.644. The second kappa shape index (κ2) is 9.09. The molecule has 1 aliphatic rings. The lowest BCUT2D eigenvalue weighted by molar-refractivity contribution is -0.155. The average molecular weight is 572 g/mol. The van der Waals surface area contributed by atoms with Gasteiger partial charge in [0.2, 0.25) is 0 Å². The lowest BCUT2D eigenvalue weighted by Crippen LogP contribution is -2.51. The molecule has 1 aromatic heterocycles. The van der Waals surface area contributed by atoms with Gasteiger partial charge in [-0.15, -0.1) is 0 Å². The number of carbonyl (C=O) groups is 1. The SMILES string of the molecule is O=C(COc1ccc(F)cc1)OC1CN(CCI)C[N+]1([O-])c1ncc(Br)s1. The van der Waals surface area contributed by atoms with Crippen molar-refractivity contribution >= 4 is 61.0 Å². The second-order valence-electron chi connectivity index (χ2n) is 5.84. The smallest absolute Gasteiger partial charge is 0.348 e. The highest BCUT2D eigenvalue weighted by Gasteiger charge is 2.45. The lowest BCUT2D eigenvalue weighted by Gasteiger charge is -2.38. The first-order valence-corrected chi connectivity index (χ1v) is 11.1. The van der Waals surface area contributed by atoms with Crippen molar-refractivity contribution in [2.75, 3.05) is 30.8 Å². The Hall–Kier alpha value is -0.860. The summed E-state index contributed by atoms with van der Waals surface area (Å²) in [6, 6.07) is 5.31. The third-order valence-corrected chi connectivity index (χ3v) is 5.99. The molecule has 1 saturated heterocycles. The number of halogens is 3. The molecule has 0 aliphatic carbocycles. The van der Waals surface area contributed by atoms with E-state index in [1.54, 1.807) is 6.20 Å². The van der Waals surface area contributed by atoms with E-state index in [1.165, 1.54) is 35.6 Å². The highest BCUT2D eigenvalue weighted by Crippen LogP contribution is 2.36. The number of benzene rings is 1. The van der Waals surface area contributed by atoms with Gasteiger partial charge in [0.1, 0.15) is 18.2 Å². The fourth-order valence-corrected chi connectivity index (χ4v) is 4.60. The standard InChI is InChI=1S/C16H16BrFIN3O4S/c17-13-7-20-16(27-13)22(24)10-21(6-5-19)8-14(22)26-15(23)9-25-12-3-1-11(18)2-4-12/h1-4,7,14H,5-6,8-10H2. The highest BCUT2D eigenvalue weighted by atomic mass is 127. The molecular weight excluding hydrogens is 556 g/mol. The fraction of sp³-hybridized carbons (Fsp3) is 0.375. The van der Waals surface area contributed by atoms with Crippen LogP contribution < -0.4 is 9.38 Å². The molecule has 0 spiro atoms. The van der Waals surface area contributed by atoms with Crippen molar-refractivity contribution in [2.45, 2.75) is 6.23 Å².